The van der Waals surface area contributed by atoms with Crippen LogP contribution < -0.4 is 11.2 Å². The Bertz CT molecular complexity index is 234. The van der Waals surface area contributed by atoms with Crippen LogP contribution in [-0.4, -0.2) is 24.3 Å². The third-order valence-electron chi connectivity index (χ3n) is 2.29. The van der Waals surface area contributed by atoms with Crippen LogP contribution in [0, 0.1) is 5.92 Å². The Labute approximate surface area is 96.6 Å². The smallest absolute Gasteiger partial charge is 0.431 e. The second-order valence-corrected chi connectivity index (χ2v) is 5.18. The first kappa shape index (κ1) is 13.3. The van der Waals surface area contributed by atoms with Crippen LogP contribution in [0.1, 0.15) is 40.0 Å². The van der Waals surface area contributed by atoms with Gasteiger partial charge < -0.3 is 10.5 Å². The molecule has 0 aromatic carbocycles. The summed E-state index contributed by atoms with van der Waals surface area (Å²) in [6.07, 6.45) is 2.55. The molecule has 5 nitrogen and oxygen atoms in total. The predicted octanol–water partition coefficient (Wildman–Crippen LogP) is 1.57. The van der Waals surface area contributed by atoms with E-state index in [0.29, 0.717) is 12.5 Å². The molecule has 5 heteroatoms. The normalized spacial score (nSPS) is 18.0. The molecule has 1 aliphatic rings. The van der Waals surface area contributed by atoms with Crippen molar-refractivity contribution in [1.29, 1.82) is 0 Å². The van der Waals surface area contributed by atoms with Gasteiger partial charge in [0.15, 0.2) is 0 Å². The van der Waals surface area contributed by atoms with Crippen LogP contribution in [0.15, 0.2) is 0 Å². The fourth-order valence-corrected chi connectivity index (χ4v) is 1.45. The molecule has 1 atom stereocenters. The molecule has 1 rings (SSSR count). The standard InChI is InChI=1S/C11H22N2O3/c1-11(2,3)15-10(14)13-16-9(6-7-12)8-4-5-8/h8-9H,4-7,12H2,1-3H3,(H,13,14). The summed E-state index contributed by atoms with van der Waals surface area (Å²) in [4.78, 5) is 16.6. The van der Waals surface area contributed by atoms with E-state index in [0.717, 1.165) is 19.3 Å². The number of ether oxygens (including phenoxy) is 1. The van der Waals surface area contributed by atoms with Crippen molar-refractivity contribution in [3.63, 3.8) is 0 Å². The Morgan fingerprint density at radius 2 is 2.12 bits per heavy atom. The van der Waals surface area contributed by atoms with Gasteiger partial charge >= 0.3 is 6.09 Å². The van der Waals surface area contributed by atoms with Crippen LogP contribution >= 0.6 is 0 Å². The van der Waals surface area contributed by atoms with Gasteiger partial charge in [0.25, 0.3) is 0 Å². The first-order valence-electron chi connectivity index (χ1n) is 5.77. The second kappa shape index (κ2) is 5.50. The minimum absolute atomic E-state index is 0.0255. The molecule has 0 radical (unpaired) electrons. The summed E-state index contributed by atoms with van der Waals surface area (Å²) in [7, 11) is 0. The summed E-state index contributed by atoms with van der Waals surface area (Å²) in [6.45, 7) is 6.00. The van der Waals surface area contributed by atoms with Crippen LogP contribution in [0.3, 0.4) is 0 Å². The molecule has 1 saturated carbocycles. The molecule has 1 amide bonds. The zero-order valence-corrected chi connectivity index (χ0v) is 10.3. The number of hydroxylamine groups is 1. The van der Waals surface area contributed by atoms with Gasteiger partial charge in [0.2, 0.25) is 0 Å². The Kier molecular flexibility index (Phi) is 4.56. The molecule has 0 aromatic rings. The van der Waals surface area contributed by atoms with Crippen LogP contribution in [-0.2, 0) is 9.57 Å². The minimum Gasteiger partial charge on any atom is -0.442 e. The number of amides is 1. The molecule has 3 N–H and O–H groups in total. The number of carbonyl (C=O) groups excluding carboxylic acids is 1. The highest BCUT2D eigenvalue weighted by Crippen LogP contribution is 2.35. The van der Waals surface area contributed by atoms with Crippen LogP contribution in [0.5, 0.6) is 0 Å². The molecule has 1 fully saturated rings. The Hall–Kier alpha value is -0.810. The van der Waals surface area contributed by atoms with Gasteiger partial charge in [-0.05, 0) is 52.5 Å². The van der Waals surface area contributed by atoms with Crippen molar-refractivity contribution in [1.82, 2.24) is 5.48 Å². The van der Waals surface area contributed by atoms with Crippen LogP contribution in [0.4, 0.5) is 4.79 Å². The molecule has 1 aliphatic carbocycles. The van der Waals surface area contributed by atoms with Gasteiger partial charge in [0.05, 0.1) is 6.10 Å². The lowest BCUT2D eigenvalue weighted by atomic mass is 10.2. The molecule has 0 aliphatic heterocycles. The maximum atomic E-state index is 11.3. The lowest BCUT2D eigenvalue weighted by Crippen LogP contribution is -2.36. The molecule has 0 heterocycles. The van der Waals surface area contributed by atoms with Gasteiger partial charge in [0, 0.05) is 0 Å². The third-order valence-corrected chi connectivity index (χ3v) is 2.29. The molecule has 94 valence electrons. The van der Waals surface area contributed by atoms with Gasteiger partial charge in [0.1, 0.15) is 5.60 Å². The SMILES string of the molecule is CC(C)(C)OC(=O)NOC(CCN)C1CC1. The fourth-order valence-electron chi connectivity index (χ4n) is 1.45. The second-order valence-electron chi connectivity index (χ2n) is 5.18. The minimum atomic E-state index is -0.546. The number of nitrogens with two attached hydrogens (primary N) is 1. The van der Waals surface area contributed by atoms with E-state index in [1.54, 1.807) is 0 Å². The molecule has 1 unspecified atom stereocenters. The van der Waals surface area contributed by atoms with Gasteiger partial charge in [-0.15, -0.1) is 0 Å². The summed E-state index contributed by atoms with van der Waals surface area (Å²) in [6, 6.07) is 0. The third kappa shape index (κ3) is 5.32. The van der Waals surface area contributed by atoms with E-state index in [9.17, 15) is 4.79 Å². The Morgan fingerprint density at radius 1 is 1.50 bits per heavy atom. The van der Waals surface area contributed by atoms with Gasteiger partial charge in [-0.1, -0.05) is 0 Å². The molecule has 16 heavy (non-hydrogen) atoms. The Morgan fingerprint density at radius 3 is 2.56 bits per heavy atom. The molecular weight excluding hydrogens is 208 g/mol. The maximum Gasteiger partial charge on any atom is 0.431 e. The van der Waals surface area contributed by atoms with Crippen molar-refractivity contribution in [2.75, 3.05) is 6.54 Å². The van der Waals surface area contributed by atoms with Crippen LogP contribution in [0.2, 0.25) is 0 Å². The summed E-state index contributed by atoms with van der Waals surface area (Å²) in [5, 5.41) is 0. The highest BCUT2D eigenvalue weighted by Gasteiger charge is 2.32. The molecule has 0 spiro atoms. The summed E-state index contributed by atoms with van der Waals surface area (Å²) >= 11 is 0. The monoisotopic (exact) mass is 230 g/mol. The summed E-state index contributed by atoms with van der Waals surface area (Å²) in [5.41, 5.74) is 7.30. The lowest BCUT2D eigenvalue weighted by molar-refractivity contribution is -0.0516. The molecule has 0 saturated heterocycles. The van der Waals surface area contributed by atoms with Crippen molar-refractivity contribution < 1.29 is 14.4 Å². The van der Waals surface area contributed by atoms with E-state index >= 15 is 0 Å². The molecule has 0 bridgehead atoms. The van der Waals surface area contributed by atoms with Crippen molar-refractivity contribution in [3.05, 3.63) is 0 Å². The topological polar surface area (TPSA) is 73.6 Å². The zero-order chi connectivity index (χ0) is 12.2. The van der Waals surface area contributed by atoms with Crippen LogP contribution in [0.25, 0.3) is 0 Å². The number of hydrogen-bond donors (Lipinski definition) is 2. The van der Waals surface area contributed by atoms with Gasteiger partial charge in [-0.25, -0.2) is 4.79 Å². The van der Waals surface area contributed by atoms with E-state index in [4.69, 9.17) is 15.3 Å². The van der Waals surface area contributed by atoms with Crippen molar-refractivity contribution in [2.45, 2.75) is 51.7 Å². The first-order valence-corrected chi connectivity index (χ1v) is 5.77. The van der Waals surface area contributed by atoms with Gasteiger partial charge in [-0.2, -0.15) is 5.48 Å². The number of rotatable bonds is 5. The summed E-state index contributed by atoms with van der Waals surface area (Å²) < 4.78 is 5.06. The average molecular weight is 230 g/mol. The highest BCUT2D eigenvalue weighted by molar-refractivity contribution is 5.66. The van der Waals surface area contributed by atoms with Crippen molar-refractivity contribution in [2.24, 2.45) is 11.7 Å². The lowest BCUT2D eigenvalue weighted by Gasteiger charge is -2.21. The number of hydrogen-bond acceptors (Lipinski definition) is 4. The predicted molar refractivity (Wildman–Crippen MR) is 60.6 cm³/mol. The van der Waals surface area contributed by atoms with E-state index in [2.05, 4.69) is 5.48 Å². The maximum absolute atomic E-state index is 11.3. The van der Waals surface area contributed by atoms with E-state index in [1.807, 2.05) is 20.8 Å². The quantitative estimate of drug-likeness (QED) is 0.703. The van der Waals surface area contributed by atoms with Crippen molar-refractivity contribution in [3.8, 4) is 0 Å². The number of nitrogens with one attached hydrogen (secondary N) is 1. The van der Waals surface area contributed by atoms with E-state index in [1.165, 1.54) is 0 Å². The average Bonchev–Trinajstić information content (AvgIpc) is 2.92. The zero-order valence-electron chi connectivity index (χ0n) is 10.3. The fraction of sp³-hybridized carbons (Fsp3) is 0.909. The summed E-state index contributed by atoms with van der Waals surface area (Å²) in [5.74, 6) is 0.540. The molecular formula is C11H22N2O3. The van der Waals surface area contributed by atoms with E-state index in [-0.39, 0.29) is 6.10 Å². The number of carbonyl (C=O) groups is 1. The first-order chi connectivity index (χ1) is 7.42. The van der Waals surface area contributed by atoms with Gasteiger partial charge in [-0.3, -0.25) is 4.84 Å². The van der Waals surface area contributed by atoms with E-state index < -0.39 is 11.7 Å². The van der Waals surface area contributed by atoms with Crippen molar-refractivity contribution >= 4 is 6.09 Å². The highest BCUT2D eigenvalue weighted by atomic mass is 16.7. The molecule has 0 aromatic heterocycles. The largest absolute Gasteiger partial charge is 0.442 e. The Balaban J connectivity index is 2.23.